The molecule has 126 valence electrons. The summed E-state index contributed by atoms with van der Waals surface area (Å²) in [5.41, 5.74) is 0.813. The highest BCUT2D eigenvalue weighted by Gasteiger charge is 2.54. The Morgan fingerprint density at radius 3 is 2.87 bits per heavy atom. The molecule has 1 atom stereocenters. The number of ether oxygens (including phenoxy) is 1. The zero-order valence-electron chi connectivity index (χ0n) is 14.0. The van der Waals surface area contributed by atoms with Crippen molar-refractivity contribution >= 4 is 5.91 Å². The molecule has 0 radical (unpaired) electrons. The first kappa shape index (κ1) is 15.2. The number of likely N-dealkylation sites (tertiary alicyclic amines) is 1. The largest absolute Gasteiger partial charge is 0.372 e. The number of nitrogens with one attached hydrogen (secondary N) is 1. The van der Waals surface area contributed by atoms with E-state index in [1.807, 2.05) is 29.9 Å². The molecular weight excluding hydrogens is 290 g/mol. The number of hydrogen-bond donors (Lipinski definition) is 1. The third-order valence-corrected chi connectivity index (χ3v) is 6.09. The lowest BCUT2D eigenvalue weighted by Crippen LogP contribution is -2.68. The molecule has 0 bridgehead atoms. The van der Waals surface area contributed by atoms with Gasteiger partial charge in [0.1, 0.15) is 5.69 Å². The van der Waals surface area contributed by atoms with Crippen molar-refractivity contribution in [3.05, 3.63) is 24.0 Å². The predicted octanol–water partition coefficient (Wildman–Crippen LogP) is 1.79. The molecule has 1 aliphatic carbocycles. The van der Waals surface area contributed by atoms with E-state index in [4.69, 9.17) is 4.74 Å². The van der Waals surface area contributed by atoms with Crippen LogP contribution in [-0.2, 0) is 11.8 Å². The molecular formula is C18H27N3O2. The summed E-state index contributed by atoms with van der Waals surface area (Å²) in [4.78, 5) is 14.8. The highest BCUT2D eigenvalue weighted by atomic mass is 16.5. The summed E-state index contributed by atoms with van der Waals surface area (Å²) in [6, 6.07) is 4.58. The van der Waals surface area contributed by atoms with Crippen LogP contribution < -0.4 is 5.32 Å². The number of aryl methyl sites for hydroxylation is 1. The molecule has 3 aliphatic rings. The minimum Gasteiger partial charge on any atom is -0.372 e. The zero-order valence-corrected chi connectivity index (χ0v) is 14.0. The fraction of sp³-hybridized carbons (Fsp3) is 0.722. The van der Waals surface area contributed by atoms with Crippen LogP contribution in [0.4, 0.5) is 0 Å². The Labute approximate surface area is 138 Å². The fourth-order valence-electron chi connectivity index (χ4n) is 4.34. The van der Waals surface area contributed by atoms with Gasteiger partial charge in [0.15, 0.2) is 0 Å². The van der Waals surface area contributed by atoms with Gasteiger partial charge in [-0.3, -0.25) is 9.69 Å². The second-order valence-corrected chi connectivity index (χ2v) is 7.44. The summed E-state index contributed by atoms with van der Waals surface area (Å²) in [5, 5.41) is 3.07. The molecule has 3 fully saturated rings. The number of nitrogens with zero attached hydrogens (tertiary/aromatic N) is 2. The first-order valence-corrected chi connectivity index (χ1v) is 8.95. The molecule has 1 aromatic heterocycles. The molecule has 5 nitrogen and oxygen atoms in total. The highest BCUT2D eigenvalue weighted by molar-refractivity contribution is 5.92. The third-order valence-electron chi connectivity index (χ3n) is 6.09. The summed E-state index contributed by atoms with van der Waals surface area (Å²) in [6.45, 7) is 3.83. The van der Waals surface area contributed by atoms with Crippen molar-refractivity contribution in [3.63, 3.8) is 0 Å². The fourth-order valence-corrected chi connectivity index (χ4v) is 4.34. The number of rotatable bonds is 5. The molecule has 2 saturated heterocycles. The molecule has 1 amide bonds. The van der Waals surface area contributed by atoms with Crippen LogP contribution in [0.2, 0.25) is 0 Å². The van der Waals surface area contributed by atoms with Gasteiger partial charge in [0.05, 0.1) is 5.60 Å². The van der Waals surface area contributed by atoms with E-state index in [2.05, 4.69) is 10.2 Å². The van der Waals surface area contributed by atoms with E-state index in [9.17, 15) is 4.79 Å². The van der Waals surface area contributed by atoms with Gasteiger partial charge in [0.2, 0.25) is 0 Å². The normalized spacial score (nSPS) is 26.9. The average Bonchev–Trinajstić information content (AvgIpc) is 3.03. The van der Waals surface area contributed by atoms with Crippen molar-refractivity contribution in [2.75, 3.05) is 26.2 Å². The lowest BCUT2D eigenvalue weighted by Gasteiger charge is -2.55. The molecule has 0 unspecified atom stereocenters. The van der Waals surface area contributed by atoms with E-state index < -0.39 is 0 Å². The van der Waals surface area contributed by atoms with Crippen molar-refractivity contribution < 1.29 is 9.53 Å². The van der Waals surface area contributed by atoms with Gasteiger partial charge in [-0.2, -0.15) is 0 Å². The SMILES string of the molecule is Cn1cccc1C(=O)NCC[C@H]1CCOC12CN(C1CCC1)C2. The van der Waals surface area contributed by atoms with E-state index in [0.29, 0.717) is 5.92 Å². The quantitative estimate of drug-likeness (QED) is 0.900. The minimum atomic E-state index is 0.0233. The van der Waals surface area contributed by atoms with Crippen LogP contribution in [0.5, 0.6) is 0 Å². The summed E-state index contributed by atoms with van der Waals surface area (Å²) in [7, 11) is 1.90. The Hall–Kier alpha value is -1.33. The van der Waals surface area contributed by atoms with Crippen LogP contribution in [0, 0.1) is 5.92 Å². The van der Waals surface area contributed by atoms with E-state index >= 15 is 0 Å². The molecule has 1 aromatic rings. The van der Waals surface area contributed by atoms with E-state index in [-0.39, 0.29) is 11.5 Å². The second kappa shape index (κ2) is 5.95. The molecule has 1 saturated carbocycles. The first-order chi connectivity index (χ1) is 11.2. The summed E-state index contributed by atoms with van der Waals surface area (Å²) < 4.78 is 7.99. The maximum atomic E-state index is 12.2. The van der Waals surface area contributed by atoms with Crippen molar-refractivity contribution in [3.8, 4) is 0 Å². The summed E-state index contributed by atoms with van der Waals surface area (Å²) in [6.07, 6.45) is 8.19. The molecule has 4 rings (SSSR count). The topological polar surface area (TPSA) is 46.5 Å². The van der Waals surface area contributed by atoms with Crippen LogP contribution in [-0.4, -0.2) is 53.3 Å². The van der Waals surface area contributed by atoms with Gasteiger partial charge in [-0.15, -0.1) is 0 Å². The smallest absolute Gasteiger partial charge is 0.267 e. The van der Waals surface area contributed by atoms with Gasteiger partial charge in [-0.05, 0) is 43.7 Å². The van der Waals surface area contributed by atoms with Crippen molar-refractivity contribution in [2.24, 2.45) is 13.0 Å². The molecule has 3 heterocycles. The Morgan fingerprint density at radius 2 is 2.22 bits per heavy atom. The van der Waals surface area contributed by atoms with E-state index in [1.165, 1.54) is 19.3 Å². The molecule has 1 spiro atoms. The first-order valence-electron chi connectivity index (χ1n) is 8.95. The number of carbonyl (C=O) groups is 1. The molecule has 5 heteroatoms. The van der Waals surface area contributed by atoms with Gasteiger partial charge < -0.3 is 14.6 Å². The van der Waals surface area contributed by atoms with Gasteiger partial charge in [-0.25, -0.2) is 0 Å². The van der Waals surface area contributed by atoms with Crippen LogP contribution in [0.15, 0.2) is 18.3 Å². The molecule has 1 N–H and O–H groups in total. The van der Waals surface area contributed by atoms with Crippen LogP contribution in [0.3, 0.4) is 0 Å². The summed E-state index contributed by atoms with van der Waals surface area (Å²) in [5.74, 6) is 0.614. The Bertz CT molecular complexity index is 573. The molecule has 2 aliphatic heterocycles. The highest BCUT2D eigenvalue weighted by Crippen LogP contribution is 2.44. The van der Waals surface area contributed by atoms with Crippen molar-refractivity contribution in [1.82, 2.24) is 14.8 Å². The monoisotopic (exact) mass is 317 g/mol. The van der Waals surface area contributed by atoms with E-state index in [1.54, 1.807) is 0 Å². The Balaban J connectivity index is 1.26. The van der Waals surface area contributed by atoms with Crippen molar-refractivity contribution in [1.29, 1.82) is 0 Å². The number of amides is 1. The van der Waals surface area contributed by atoms with Gasteiger partial charge >= 0.3 is 0 Å². The summed E-state index contributed by atoms with van der Waals surface area (Å²) >= 11 is 0. The third kappa shape index (κ3) is 2.70. The lowest BCUT2D eigenvalue weighted by molar-refractivity contribution is -0.156. The van der Waals surface area contributed by atoms with Gasteiger partial charge in [0, 0.05) is 45.5 Å². The molecule has 0 aromatic carbocycles. The van der Waals surface area contributed by atoms with Crippen LogP contribution in [0.1, 0.15) is 42.6 Å². The van der Waals surface area contributed by atoms with Gasteiger partial charge in [-0.1, -0.05) is 6.42 Å². The average molecular weight is 317 g/mol. The number of aromatic nitrogens is 1. The molecule has 23 heavy (non-hydrogen) atoms. The van der Waals surface area contributed by atoms with Crippen LogP contribution >= 0.6 is 0 Å². The van der Waals surface area contributed by atoms with Gasteiger partial charge in [0.25, 0.3) is 5.91 Å². The standard InChI is InChI=1S/C18H27N3O2/c1-20-10-3-6-16(20)17(22)19-9-7-14-8-11-23-18(14)12-21(13-18)15-4-2-5-15/h3,6,10,14-15H,2,4-5,7-9,11-13H2,1H3,(H,19,22)/t14-/m0/s1. The van der Waals surface area contributed by atoms with E-state index in [0.717, 1.165) is 50.8 Å². The Kier molecular flexibility index (Phi) is 3.93. The maximum absolute atomic E-state index is 12.2. The zero-order chi connectivity index (χ0) is 15.9. The minimum absolute atomic E-state index is 0.0233. The van der Waals surface area contributed by atoms with Crippen LogP contribution in [0.25, 0.3) is 0 Å². The van der Waals surface area contributed by atoms with Crippen molar-refractivity contribution in [2.45, 2.75) is 43.7 Å². The number of hydrogen-bond acceptors (Lipinski definition) is 3. The second-order valence-electron chi connectivity index (χ2n) is 7.44. The number of carbonyl (C=O) groups excluding carboxylic acids is 1. The predicted molar refractivity (Wildman–Crippen MR) is 88.4 cm³/mol. The Morgan fingerprint density at radius 1 is 1.39 bits per heavy atom. The maximum Gasteiger partial charge on any atom is 0.267 e. The lowest BCUT2D eigenvalue weighted by atomic mass is 9.76.